The SMILES string of the molecule is CCC/C=C\C/C=C\CCCCCCCC(=O)OCC(COP(=O)(O)OCC(O)COP(=O)(O)OCC(COC(=O)CCCCCCCCCCCCCCCCC)OC(=O)CCCCCCC/C=C\CCCCCC)OC(=O)CCCCCCCCCCCCC. The number of phosphoric ester groups is 2. The van der Waals surface area contributed by atoms with E-state index in [-0.39, 0.29) is 25.7 Å². The number of carbonyl (C=O) groups excluding carboxylic acids is 4. The van der Waals surface area contributed by atoms with Crippen molar-refractivity contribution < 1.29 is 80.2 Å². The van der Waals surface area contributed by atoms with Crippen LogP contribution in [0.1, 0.15) is 349 Å². The van der Waals surface area contributed by atoms with Gasteiger partial charge in [-0.3, -0.25) is 37.3 Å². The van der Waals surface area contributed by atoms with Gasteiger partial charge in [0.15, 0.2) is 12.2 Å². The average Bonchev–Trinajstić information content (AvgIpc) is 2.25. The van der Waals surface area contributed by atoms with Crippen LogP contribution in [0, 0.1) is 0 Å². The third-order valence-electron chi connectivity index (χ3n) is 16.1. The second-order valence-electron chi connectivity index (χ2n) is 25.2. The van der Waals surface area contributed by atoms with Gasteiger partial charge in [-0.05, 0) is 77.0 Å². The Labute approximate surface area is 560 Å². The van der Waals surface area contributed by atoms with Gasteiger partial charge in [0.1, 0.15) is 19.3 Å². The van der Waals surface area contributed by atoms with Crippen LogP contribution in [-0.2, 0) is 65.4 Å². The Balaban J connectivity index is 5.28. The lowest BCUT2D eigenvalue weighted by Gasteiger charge is -2.21. The van der Waals surface area contributed by atoms with Crippen LogP contribution in [-0.4, -0.2) is 96.7 Å². The Kier molecular flexibility index (Phi) is 64.9. The second kappa shape index (κ2) is 66.9. The number of allylic oxidation sites excluding steroid dienone is 6. The van der Waals surface area contributed by atoms with E-state index in [2.05, 4.69) is 64.2 Å². The monoisotopic (exact) mass is 1350 g/mol. The Morgan fingerprint density at radius 1 is 0.304 bits per heavy atom. The van der Waals surface area contributed by atoms with Crippen LogP contribution in [0.15, 0.2) is 36.5 Å². The molecule has 0 aromatic carbocycles. The Hall–Kier alpha value is -2.72. The molecule has 0 saturated carbocycles. The zero-order chi connectivity index (χ0) is 67.5. The topological polar surface area (TPSA) is 237 Å². The van der Waals surface area contributed by atoms with E-state index in [0.29, 0.717) is 25.7 Å². The molecule has 0 spiro atoms. The molecule has 0 aliphatic carbocycles. The summed E-state index contributed by atoms with van der Waals surface area (Å²) >= 11 is 0. The van der Waals surface area contributed by atoms with Gasteiger partial charge in [0, 0.05) is 25.7 Å². The quantitative estimate of drug-likeness (QED) is 0.0169. The van der Waals surface area contributed by atoms with E-state index >= 15 is 0 Å². The van der Waals surface area contributed by atoms with Crippen molar-refractivity contribution in [1.29, 1.82) is 0 Å². The normalized spacial score (nSPS) is 14.2. The molecule has 0 fully saturated rings. The summed E-state index contributed by atoms with van der Waals surface area (Å²) in [5, 5.41) is 10.6. The van der Waals surface area contributed by atoms with Gasteiger partial charge in [-0.1, -0.05) is 282 Å². The number of hydrogen-bond donors (Lipinski definition) is 3. The molecule has 0 amide bonds. The molecule has 0 saturated heterocycles. The molecule has 5 atom stereocenters. The molecule has 0 bridgehead atoms. The number of carbonyl (C=O) groups is 4. The Morgan fingerprint density at radius 3 is 0.870 bits per heavy atom. The minimum Gasteiger partial charge on any atom is -0.462 e. The van der Waals surface area contributed by atoms with Crippen LogP contribution < -0.4 is 0 Å². The minimum absolute atomic E-state index is 0.0923. The van der Waals surface area contributed by atoms with Crippen LogP contribution in [0.5, 0.6) is 0 Å². The lowest BCUT2D eigenvalue weighted by Crippen LogP contribution is -2.30. The highest BCUT2D eigenvalue weighted by molar-refractivity contribution is 7.47. The highest BCUT2D eigenvalue weighted by Gasteiger charge is 2.30. The molecule has 0 radical (unpaired) electrons. The van der Waals surface area contributed by atoms with Gasteiger partial charge in [-0.25, -0.2) is 9.13 Å². The summed E-state index contributed by atoms with van der Waals surface area (Å²) in [5.74, 6) is -2.16. The van der Waals surface area contributed by atoms with Gasteiger partial charge in [-0.2, -0.15) is 0 Å². The highest BCUT2D eigenvalue weighted by Crippen LogP contribution is 2.45. The van der Waals surface area contributed by atoms with E-state index in [0.717, 1.165) is 135 Å². The maximum atomic E-state index is 13.0. The number of aliphatic hydroxyl groups is 1. The summed E-state index contributed by atoms with van der Waals surface area (Å²) in [6.07, 6.45) is 60.0. The number of aliphatic hydroxyl groups excluding tert-OH is 1. The number of esters is 4. The zero-order valence-electron chi connectivity index (χ0n) is 58.7. The fraction of sp³-hybridized carbons (Fsp3) is 0.863. The molecular weight excluding hydrogens is 1210 g/mol. The molecular formula is C73H136O17P2. The van der Waals surface area contributed by atoms with Crippen LogP contribution in [0.25, 0.3) is 0 Å². The third kappa shape index (κ3) is 65.9. The number of unbranched alkanes of at least 4 members (excludes halogenated alkanes) is 39. The minimum atomic E-state index is -4.96. The number of rotatable bonds is 71. The van der Waals surface area contributed by atoms with Crippen molar-refractivity contribution in [3.8, 4) is 0 Å². The number of hydrogen-bond acceptors (Lipinski definition) is 15. The van der Waals surface area contributed by atoms with Crippen LogP contribution in [0.2, 0.25) is 0 Å². The van der Waals surface area contributed by atoms with Crippen molar-refractivity contribution in [2.24, 2.45) is 0 Å². The first kappa shape index (κ1) is 89.3. The van der Waals surface area contributed by atoms with Gasteiger partial charge in [0.05, 0.1) is 26.4 Å². The first-order chi connectivity index (χ1) is 44.7. The van der Waals surface area contributed by atoms with Gasteiger partial charge in [0.2, 0.25) is 0 Å². The van der Waals surface area contributed by atoms with Crippen molar-refractivity contribution in [2.45, 2.75) is 367 Å². The molecule has 3 N–H and O–H groups in total. The molecule has 0 aliphatic rings. The Morgan fingerprint density at radius 2 is 0.554 bits per heavy atom. The molecule has 0 aromatic rings. The van der Waals surface area contributed by atoms with E-state index in [4.69, 9.17) is 37.0 Å². The summed E-state index contributed by atoms with van der Waals surface area (Å²) in [5.41, 5.74) is 0. The second-order valence-corrected chi connectivity index (χ2v) is 28.2. The van der Waals surface area contributed by atoms with E-state index in [1.54, 1.807) is 0 Å². The lowest BCUT2D eigenvalue weighted by molar-refractivity contribution is -0.161. The molecule has 540 valence electrons. The van der Waals surface area contributed by atoms with Gasteiger partial charge in [-0.15, -0.1) is 0 Å². The van der Waals surface area contributed by atoms with Gasteiger partial charge in [0.25, 0.3) is 0 Å². The molecule has 5 unspecified atom stereocenters. The summed E-state index contributed by atoms with van der Waals surface area (Å²) in [6.45, 7) is 4.82. The summed E-state index contributed by atoms with van der Waals surface area (Å²) in [7, 11) is -9.92. The van der Waals surface area contributed by atoms with Crippen molar-refractivity contribution in [3.63, 3.8) is 0 Å². The van der Waals surface area contributed by atoms with Gasteiger partial charge >= 0.3 is 39.5 Å². The van der Waals surface area contributed by atoms with Gasteiger partial charge < -0.3 is 33.8 Å². The third-order valence-corrected chi connectivity index (χ3v) is 18.0. The maximum Gasteiger partial charge on any atom is 0.472 e. The molecule has 0 aliphatic heterocycles. The predicted octanol–water partition coefficient (Wildman–Crippen LogP) is 20.8. The first-order valence-corrected chi connectivity index (χ1v) is 40.2. The zero-order valence-corrected chi connectivity index (χ0v) is 60.5. The molecule has 92 heavy (non-hydrogen) atoms. The van der Waals surface area contributed by atoms with Crippen LogP contribution >= 0.6 is 15.6 Å². The number of ether oxygens (including phenoxy) is 4. The number of phosphoric acid groups is 2. The Bertz CT molecular complexity index is 1900. The van der Waals surface area contributed by atoms with E-state index < -0.39 is 97.5 Å². The van der Waals surface area contributed by atoms with E-state index in [9.17, 15) is 43.2 Å². The van der Waals surface area contributed by atoms with Crippen molar-refractivity contribution in [3.05, 3.63) is 36.5 Å². The predicted molar refractivity (Wildman–Crippen MR) is 372 cm³/mol. The summed E-state index contributed by atoms with van der Waals surface area (Å²) < 4.78 is 68.3. The van der Waals surface area contributed by atoms with E-state index in [1.807, 2.05) is 0 Å². The fourth-order valence-corrected chi connectivity index (χ4v) is 12.0. The van der Waals surface area contributed by atoms with Crippen molar-refractivity contribution in [2.75, 3.05) is 39.6 Å². The smallest absolute Gasteiger partial charge is 0.462 e. The molecule has 17 nitrogen and oxygen atoms in total. The maximum absolute atomic E-state index is 13.0. The molecule has 0 rings (SSSR count). The summed E-state index contributed by atoms with van der Waals surface area (Å²) in [4.78, 5) is 72.6. The lowest BCUT2D eigenvalue weighted by atomic mass is 10.0. The van der Waals surface area contributed by atoms with Crippen LogP contribution in [0.4, 0.5) is 0 Å². The van der Waals surface area contributed by atoms with Crippen LogP contribution in [0.3, 0.4) is 0 Å². The standard InChI is InChI=1S/C73H136O17P2/c1-5-9-13-17-21-25-29-32-33-36-39-42-46-50-54-58-71(76)84-64-69(90-73(78)60-56-52-48-44-40-35-31-27-23-19-15-11-7-3)66-88-92(81,82)86-62-67(74)61-85-91(79,80)87-65-68(89-72(77)59-55-51-47-43-37-28-24-20-16-12-8-4)63-83-70(75)57-53-49-45-41-38-34-30-26-22-18-14-10-6-2/h14,18,26-27,30-31,67-69,74H,5-13,15-17,19-25,28-29,32-66H2,1-4H3,(H,79,80)(H,81,82)/b18-14-,30-26-,31-27-. The summed E-state index contributed by atoms with van der Waals surface area (Å²) in [6, 6.07) is 0. The largest absolute Gasteiger partial charge is 0.472 e. The molecule has 19 heteroatoms. The fourth-order valence-electron chi connectivity index (χ4n) is 10.4. The molecule has 0 heterocycles. The average molecular weight is 1350 g/mol. The molecule has 0 aromatic heterocycles. The van der Waals surface area contributed by atoms with E-state index in [1.165, 1.54) is 135 Å². The highest BCUT2D eigenvalue weighted by atomic mass is 31.2. The van der Waals surface area contributed by atoms with Crippen molar-refractivity contribution in [1.82, 2.24) is 0 Å². The van der Waals surface area contributed by atoms with Crippen molar-refractivity contribution >= 4 is 39.5 Å². The first-order valence-electron chi connectivity index (χ1n) is 37.2.